The van der Waals surface area contributed by atoms with E-state index < -0.39 is 5.92 Å². The second kappa shape index (κ2) is 4.76. The number of ketones is 1. The predicted octanol–water partition coefficient (Wildman–Crippen LogP) is 4.85. The number of halogens is 2. The summed E-state index contributed by atoms with van der Waals surface area (Å²) in [4.78, 5) is 12.7. The van der Waals surface area contributed by atoms with Crippen LogP contribution in [0.15, 0.2) is 18.2 Å². The molecule has 2 rings (SSSR count). The number of carbonyl (C=O) groups excluding carboxylic acids is 1. The molecule has 0 amide bonds. The molecule has 106 valence electrons. The lowest BCUT2D eigenvalue weighted by atomic mass is 9.90. The molecule has 1 aromatic rings. The van der Waals surface area contributed by atoms with E-state index in [0.29, 0.717) is 15.6 Å². The maximum Gasteiger partial charge on any atom is 0.158 e. The quantitative estimate of drug-likeness (QED) is 0.800. The molecule has 1 unspecified atom stereocenters. The molecule has 4 heteroatoms. The van der Waals surface area contributed by atoms with Crippen LogP contribution < -0.4 is 0 Å². The van der Waals surface area contributed by atoms with Gasteiger partial charge in [-0.25, -0.2) is 0 Å². The monoisotopic (exact) mass is 309 g/mol. The van der Waals surface area contributed by atoms with E-state index in [0.717, 1.165) is 0 Å². The lowest BCUT2D eigenvalue weighted by molar-refractivity contribution is -0.121. The molecule has 0 heterocycles. The highest BCUT2D eigenvalue weighted by atomic mass is 35.5. The highest BCUT2D eigenvalue weighted by Crippen LogP contribution is 2.69. The zero-order valence-corrected chi connectivity index (χ0v) is 13.5. The summed E-state index contributed by atoms with van der Waals surface area (Å²) in [5.74, 6) is -0.996. The van der Waals surface area contributed by atoms with Gasteiger partial charge in [0.25, 0.3) is 0 Å². The maximum absolute atomic E-state index is 12.7. The molecule has 0 saturated heterocycles. The number of Topliss-reactive ketones (excluding diaryl/α,β-unsaturated/α-hetero) is 1. The van der Waals surface area contributed by atoms with Gasteiger partial charge in [0.05, 0.1) is 6.07 Å². The fourth-order valence-electron chi connectivity index (χ4n) is 3.10. The van der Waals surface area contributed by atoms with Crippen molar-refractivity contribution in [2.75, 3.05) is 0 Å². The molecule has 1 atom stereocenters. The van der Waals surface area contributed by atoms with E-state index in [1.54, 1.807) is 18.2 Å². The Bertz CT molecular complexity index is 599. The third-order valence-electron chi connectivity index (χ3n) is 4.99. The van der Waals surface area contributed by atoms with Crippen molar-refractivity contribution in [3.8, 4) is 6.07 Å². The molecule has 2 nitrogen and oxygen atoms in total. The number of benzene rings is 1. The Hall–Kier alpha value is -1.04. The van der Waals surface area contributed by atoms with Crippen molar-refractivity contribution < 1.29 is 4.79 Å². The Morgan fingerprint density at radius 3 is 2.20 bits per heavy atom. The Kier molecular flexibility index (Phi) is 3.65. The summed E-state index contributed by atoms with van der Waals surface area (Å²) in [5, 5.41) is 10.3. The minimum Gasteiger partial charge on any atom is -0.297 e. The highest BCUT2D eigenvalue weighted by molar-refractivity contribution is 6.35. The highest BCUT2D eigenvalue weighted by Gasteiger charge is 2.68. The summed E-state index contributed by atoms with van der Waals surface area (Å²) >= 11 is 12.0. The number of carbonyl (C=O) groups is 1. The average Bonchev–Trinajstić information content (AvgIpc) is 2.73. The van der Waals surface area contributed by atoms with Gasteiger partial charge >= 0.3 is 0 Å². The Balaban J connectivity index is 2.36. The number of nitrogens with zero attached hydrogens (tertiary/aromatic N) is 1. The topological polar surface area (TPSA) is 40.9 Å². The van der Waals surface area contributed by atoms with E-state index in [-0.39, 0.29) is 22.5 Å². The van der Waals surface area contributed by atoms with E-state index in [4.69, 9.17) is 23.2 Å². The fourth-order valence-corrected chi connectivity index (χ4v) is 3.61. The van der Waals surface area contributed by atoms with Crippen molar-refractivity contribution in [1.82, 2.24) is 0 Å². The zero-order valence-electron chi connectivity index (χ0n) is 12.0. The van der Waals surface area contributed by atoms with Crippen molar-refractivity contribution in [3.63, 3.8) is 0 Å². The van der Waals surface area contributed by atoms with Gasteiger partial charge in [-0.15, -0.1) is 0 Å². The molecule has 0 bridgehead atoms. The van der Waals surface area contributed by atoms with Gasteiger partial charge in [0, 0.05) is 16.0 Å². The Morgan fingerprint density at radius 1 is 1.25 bits per heavy atom. The fraction of sp³-hybridized carbons (Fsp3) is 0.500. The van der Waals surface area contributed by atoms with Crippen LogP contribution in [-0.4, -0.2) is 5.78 Å². The van der Waals surface area contributed by atoms with Gasteiger partial charge in [0.1, 0.15) is 5.92 Å². The molecular formula is C16H17Cl2NO. The first-order valence-corrected chi connectivity index (χ1v) is 7.28. The molecule has 1 aliphatic carbocycles. The van der Waals surface area contributed by atoms with Crippen LogP contribution in [-0.2, 0) is 4.79 Å². The number of rotatable bonds is 3. The van der Waals surface area contributed by atoms with Crippen LogP contribution >= 0.6 is 23.2 Å². The number of nitriles is 1. The van der Waals surface area contributed by atoms with Crippen LogP contribution in [0.4, 0.5) is 0 Å². The van der Waals surface area contributed by atoms with Crippen LogP contribution in [0, 0.1) is 28.1 Å². The molecule has 1 fully saturated rings. The second-order valence-corrected chi connectivity index (χ2v) is 7.35. The van der Waals surface area contributed by atoms with E-state index in [1.165, 1.54) is 0 Å². The normalized spacial score (nSPS) is 21.1. The molecule has 0 spiro atoms. The molecule has 1 aromatic carbocycles. The first kappa shape index (κ1) is 15.4. The van der Waals surface area contributed by atoms with Crippen molar-refractivity contribution in [1.29, 1.82) is 5.26 Å². The van der Waals surface area contributed by atoms with Crippen LogP contribution in [0.25, 0.3) is 0 Å². The first-order valence-electron chi connectivity index (χ1n) is 6.53. The van der Waals surface area contributed by atoms with Gasteiger partial charge in [0.2, 0.25) is 0 Å². The average molecular weight is 310 g/mol. The summed E-state index contributed by atoms with van der Waals surface area (Å²) in [6, 6.07) is 6.99. The summed E-state index contributed by atoms with van der Waals surface area (Å²) in [5.41, 5.74) is 0.373. The lowest BCUT2D eigenvalue weighted by Crippen LogP contribution is -2.17. The second-order valence-electron chi connectivity index (χ2n) is 6.51. The summed E-state index contributed by atoms with van der Waals surface area (Å²) in [6.45, 7) is 8.25. The van der Waals surface area contributed by atoms with Crippen molar-refractivity contribution in [2.45, 2.75) is 33.6 Å². The molecule has 0 aromatic heterocycles. The van der Waals surface area contributed by atoms with Gasteiger partial charge in [-0.1, -0.05) is 57.0 Å². The number of hydrogen-bond acceptors (Lipinski definition) is 2. The molecule has 0 radical (unpaired) electrons. The maximum atomic E-state index is 12.7. The van der Waals surface area contributed by atoms with E-state index in [9.17, 15) is 10.1 Å². The van der Waals surface area contributed by atoms with Gasteiger partial charge in [0.15, 0.2) is 5.78 Å². The Morgan fingerprint density at radius 2 is 1.80 bits per heavy atom. The molecule has 20 heavy (non-hydrogen) atoms. The standard InChI is InChI=1S/C16H17Cl2NO/c1-15(2)14(16(15,3)4)13(20)11(8-19)10-6-5-9(17)7-12(10)18/h5-7,11,14H,1-4H3. The third kappa shape index (κ3) is 2.14. The van der Waals surface area contributed by atoms with Crippen LogP contribution in [0.1, 0.15) is 39.2 Å². The van der Waals surface area contributed by atoms with E-state index >= 15 is 0 Å². The summed E-state index contributed by atoms with van der Waals surface area (Å²) in [7, 11) is 0. The van der Waals surface area contributed by atoms with Crippen molar-refractivity contribution in [2.24, 2.45) is 16.7 Å². The first-order chi connectivity index (χ1) is 9.14. The minimum atomic E-state index is -0.828. The largest absolute Gasteiger partial charge is 0.297 e. The van der Waals surface area contributed by atoms with Gasteiger partial charge in [-0.3, -0.25) is 4.79 Å². The summed E-state index contributed by atoms with van der Waals surface area (Å²) < 4.78 is 0. The van der Waals surface area contributed by atoms with Crippen LogP contribution in [0.2, 0.25) is 10.0 Å². The number of hydrogen-bond donors (Lipinski definition) is 0. The zero-order chi connectivity index (χ0) is 15.3. The lowest BCUT2D eigenvalue weighted by Gasteiger charge is -2.12. The van der Waals surface area contributed by atoms with Gasteiger partial charge in [-0.2, -0.15) is 5.26 Å². The smallest absolute Gasteiger partial charge is 0.158 e. The molecule has 0 N–H and O–H groups in total. The van der Waals surface area contributed by atoms with Crippen LogP contribution in [0.5, 0.6) is 0 Å². The van der Waals surface area contributed by atoms with Crippen molar-refractivity contribution in [3.05, 3.63) is 33.8 Å². The molecular weight excluding hydrogens is 293 g/mol. The Labute approximate surface area is 129 Å². The van der Waals surface area contributed by atoms with Crippen LogP contribution in [0.3, 0.4) is 0 Å². The molecule has 1 saturated carbocycles. The van der Waals surface area contributed by atoms with Crippen molar-refractivity contribution >= 4 is 29.0 Å². The summed E-state index contributed by atoms with van der Waals surface area (Å²) in [6.07, 6.45) is 0. The third-order valence-corrected chi connectivity index (χ3v) is 5.55. The molecule has 0 aliphatic heterocycles. The van der Waals surface area contributed by atoms with Gasteiger partial charge in [-0.05, 0) is 28.5 Å². The minimum absolute atomic E-state index is 0.0493. The van der Waals surface area contributed by atoms with Gasteiger partial charge < -0.3 is 0 Å². The molecule has 1 aliphatic rings. The van der Waals surface area contributed by atoms with E-state index in [2.05, 4.69) is 33.8 Å². The van der Waals surface area contributed by atoms with E-state index in [1.807, 2.05) is 0 Å². The SMILES string of the molecule is CC1(C)C(C(=O)C(C#N)c2ccc(Cl)cc2Cl)C1(C)C. The predicted molar refractivity (Wildman–Crippen MR) is 80.9 cm³/mol.